The van der Waals surface area contributed by atoms with Gasteiger partial charge in [0, 0.05) is 19.3 Å². The zero-order valence-electron chi connectivity index (χ0n) is 22.2. The predicted octanol–water partition coefficient (Wildman–Crippen LogP) is -4.74. The van der Waals surface area contributed by atoms with Crippen LogP contribution in [0.25, 0.3) is 0 Å². The van der Waals surface area contributed by atoms with Gasteiger partial charge in [0.15, 0.2) is 34.0 Å². The van der Waals surface area contributed by atoms with Crippen LogP contribution in [0.1, 0.15) is 59.3 Å². The van der Waals surface area contributed by atoms with Crippen molar-refractivity contribution < 1.29 is 54.5 Å². The van der Waals surface area contributed by atoms with E-state index < -0.39 is 123 Å². The Morgan fingerprint density at radius 3 is 0.850 bits per heavy atom. The summed E-state index contributed by atoms with van der Waals surface area (Å²) < 4.78 is 14.9. The topological polar surface area (TPSA) is 337 Å². The highest BCUT2D eigenvalue weighted by Crippen LogP contribution is 2.20. The summed E-state index contributed by atoms with van der Waals surface area (Å²) in [5.74, 6) is -10.8. The standard InChI is InChI=1S/3C7H12N2O4.Al/c3*1-4(10)7(9,6(12)13)3-2-5(8)11;/h3*2-3,9H2,1H3,(H2,8,11)(H,12,13);/q;;;+3/p-3/t3*7-;/m111./s1. The molecule has 0 aliphatic rings. The molecule has 0 aromatic carbocycles. The first-order chi connectivity index (χ1) is 18.1. The number of ketones is 3. The van der Waals surface area contributed by atoms with Crippen LogP contribution in [0.5, 0.6) is 0 Å². The van der Waals surface area contributed by atoms with Crippen molar-refractivity contribution in [3.63, 3.8) is 0 Å². The molecular weight excluding hydrogens is 555 g/mol. The maximum absolute atomic E-state index is 12.9. The number of rotatable bonds is 18. The zero-order chi connectivity index (χ0) is 31.6. The van der Waals surface area contributed by atoms with Crippen LogP contribution in [0.2, 0.25) is 0 Å². The average Bonchev–Trinajstić information content (AvgIpc) is 2.83. The van der Waals surface area contributed by atoms with Gasteiger partial charge in [-0.2, -0.15) is 0 Å². The van der Waals surface area contributed by atoms with Crippen LogP contribution in [0, 0.1) is 0 Å². The minimum absolute atomic E-state index is 0.566. The van der Waals surface area contributed by atoms with Crippen molar-refractivity contribution in [2.24, 2.45) is 34.4 Å². The maximum Gasteiger partial charge on any atom is 1.20 e. The molecule has 0 saturated carbocycles. The van der Waals surface area contributed by atoms with Gasteiger partial charge >= 0.3 is 33.1 Å². The number of carbonyl (C=O) groups is 9. The lowest BCUT2D eigenvalue weighted by Gasteiger charge is -2.29. The third kappa shape index (κ3) is 9.77. The fourth-order valence-electron chi connectivity index (χ4n) is 2.88. The Kier molecular flexibility index (Phi) is 13.2. The Labute approximate surface area is 233 Å². The Balaban J connectivity index is 6.47. The van der Waals surface area contributed by atoms with E-state index in [4.69, 9.17) is 45.8 Å². The molecule has 0 spiro atoms. The molecule has 40 heavy (non-hydrogen) atoms. The Morgan fingerprint density at radius 2 is 0.700 bits per heavy atom. The van der Waals surface area contributed by atoms with Gasteiger partial charge < -0.3 is 45.8 Å². The fourth-order valence-corrected chi connectivity index (χ4v) is 4.18. The molecule has 0 aromatic rings. The molecule has 0 aromatic heterocycles. The highest BCUT2D eigenvalue weighted by atomic mass is 27.3. The van der Waals surface area contributed by atoms with E-state index in [2.05, 4.69) is 0 Å². The van der Waals surface area contributed by atoms with Gasteiger partial charge in [0.2, 0.25) is 17.7 Å². The van der Waals surface area contributed by atoms with E-state index in [-0.39, 0.29) is 0 Å². The Morgan fingerprint density at radius 1 is 0.500 bits per heavy atom. The summed E-state index contributed by atoms with van der Waals surface area (Å²) in [5.41, 5.74) is 25.0. The first-order valence-electron chi connectivity index (χ1n) is 11.5. The average molecular weight is 589 g/mol. The summed E-state index contributed by atoms with van der Waals surface area (Å²) in [4.78, 5) is 109. The van der Waals surface area contributed by atoms with Crippen LogP contribution < -0.4 is 34.4 Å². The van der Waals surface area contributed by atoms with Crippen LogP contribution in [0.3, 0.4) is 0 Å². The Hall–Kier alpha value is -3.76. The largest absolute Gasteiger partial charge is 1.20 e. The monoisotopic (exact) mass is 588 g/mol. The molecule has 222 valence electrons. The van der Waals surface area contributed by atoms with Gasteiger partial charge in [-0.3, -0.25) is 43.2 Å². The van der Waals surface area contributed by atoms with Crippen LogP contribution in [-0.4, -0.2) is 84.7 Å². The molecule has 0 bridgehead atoms. The molecule has 0 rings (SSSR count). The van der Waals surface area contributed by atoms with Crippen molar-refractivity contribution in [3.8, 4) is 0 Å². The van der Waals surface area contributed by atoms with E-state index in [1.165, 1.54) is 0 Å². The molecule has 0 radical (unpaired) electrons. The molecule has 0 aliphatic carbocycles. The van der Waals surface area contributed by atoms with E-state index in [9.17, 15) is 43.2 Å². The number of primary amides is 3. The van der Waals surface area contributed by atoms with Crippen LogP contribution in [0.4, 0.5) is 0 Å². The second kappa shape index (κ2) is 14.6. The van der Waals surface area contributed by atoms with Gasteiger partial charge in [-0.05, 0) is 40.0 Å². The molecule has 0 fully saturated rings. The smallest absolute Gasteiger partial charge is 0.549 e. The highest BCUT2D eigenvalue weighted by Gasteiger charge is 2.58. The lowest BCUT2D eigenvalue weighted by molar-refractivity contribution is -0.156. The van der Waals surface area contributed by atoms with Gasteiger partial charge in [0.05, 0.1) is 0 Å². The van der Waals surface area contributed by atoms with Crippen molar-refractivity contribution in [1.82, 2.24) is 0 Å². The molecule has 3 amide bonds. The van der Waals surface area contributed by atoms with E-state index in [0.717, 1.165) is 20.8 Å². The second-order valence-corrected chi connectivity index (χ2v) is 10.3. The molecular formula is C21H33AlN6O12. The van der Waals surface area contributed by atoms with Crippen LogP contribution >= 0.6 is 0 Å². The zero-order valence-corrected chi connectivity index (χ0v) is 23.3. The van der Waals surface area contributed by atoms with Gasteiger partial charge in [-0.15, -0.1) is 0 Å². The summed E-state index contributed by atoms with van der Waals surface area (Å²) in [6.45, 7) is 2.60. The van der Waals surface area contributed by atoms with E-state index in [0.29, 0.717) is 0 Å². The van der Waals surface area contributed by atoms with Crippen molar-refractivity contribution >= 4 is 68.1 Å². The number of amides is 3. The normalized spacial score (nSPS) is 15.2. The summed E-state index contributed by atoms with van der Waals surface area (Å²) in [6, 6.07) is 0. The molecule has 19 heteroatoms. The third-order valence-electron chi connectivity index (χ3n) is 5.88. The summed E-state index contributed by atoms with van der Waals surface area (Å²) in [5, 5.41) is 0. The first-order valence-corrected chi connectivity index (χ1v) is 12.9. The van der Waals surface area contributed by atoms with E-state index in [1.807, 2.05) is 0 Å². The van der Waals surface area contributed by atoms with E-state index in [1.54, 1.807) is 0 Å². The fraction of sp³-hybridized carbons (Fsp3) is 0.571. The summed E-state index contributed by atoms with van der Waals surface area (Å²) >= 11 is -4.57. The lowest BCUT2D eigenvalue weighted by Crippen LogP contribution is -2.61. The molecule has 18 nitrogen and oxygen atoms in total. The third-order valence-corrected chi connectivity index (χ3v) is 7.10. The molecule has 0 unspecified atom stereocenters. The maximum atomic E-state index is 12.9. The minimum Gasteiger partial charge on any atom is -0.549 e. The van der Waals surface area contributed by atoms with Crippen molar-refractivity contribution in [2.45, 2.75) is 75.9 Å². The number of hydrogen-bond donors (Lipinski definition) is 6. The van der Waals surface area contributed by atoms with Crippen molar-refractivity contribution in [3.05, 3.63) is 0 Å². The van der Waals surface area contributed by atoms with Gasteiger partial charge in [-0.1, -0.05) is 0 Å². The number of nitrogens with two attached hydrogens (primary N) is 6. The summed E-state index contributed by atoms with van der Waals surface area (Å²) in [7, 11) is 0. The molecule has 0 heterocycles. The number of Topliss-reactive ketones (excluding diaryl/α,β-unsaturated/α-hetero) is 3. The number of carbonyl (C=O) groups excluding carboxylic acids is 9. The first kappa shape index (κ1) is 36.2. The van der Waals surface area contributed by atoms with Crippen molar-refractivity contribution in [2.75, 3.05) is 0 Å². The van der Waals surface area contributed by atoms with Gasteiger partial charge in [0.1, 0.15) is 0 Å². The SMILES string of the molecule is CC(=O)[C@](N)(CCC(N)=O)C(=O)[O][Al]([O]C(=O)[C@@](N)(CCC(N)=O)C(C)=O)[O]C(=O)[C@@](N)(CCC(N)=O)C(C)=O. The highest BCUT2D eigenvalue weighted by molar-refractivity contribution is 6.46. The van der Waals surface area contributed by atoms with Crippen molar-refractivity contribution in [1.29, 1.82) is 0 Å². The molecule has 3 atom stereocenters. The molecule has 0 aliphatic heterocycles. The summed E-state index contributed by atoms with van der Waals surface area (Å²) in [6.07, 6.45) is -3.70. The lowest BCUT2D eigenvalue weighted by atomic mass is 9.90. The minimum atomic E-state index is -4.57. The van der Waals surface area contributed by atoms with Crippen LogP contribution in [0.15, 0.2) is 0 Å². The molecule has 12 N–H and O–H groups in total. The Bertz CT molecular complexity index is 967. The van der Waals surface area contributed by atoms with Gasteiger partial charge in [0.25, 0.3) is 0 Å². The quantitative estimate of drug-likeness (QED) is 0.0646. The van der Waals surface area contributed by atoms with Gasteiger partial charge in [-0.25, -0.2) is 0 Å². The predicted molar refractivity (Wildman–Crippen MR) is 132 cm³/mol. The molecule has 0 saturated heterocycles. The second-order valence-electron chi connectivity index (χ2n) is 8.99. The van der Waals surface area contributed by atoms with E-state index >= 15 is 0 Å². The van der Waals surface area contributed by atoms with Crippen LogP contribution in [-0.2, 0) is 54.5 Å². The number of hydrogen-bond acceptors (Lipinski definition) is 15.